The van der Waals surface area contributed by atoms with Gasteiger partial charge in [0.1, 0.15) is 0 Å². The molecule has 1 atom stereocenters. The van der Waals surface area contributed by atoms with Crippen LogP contribution in [-0.2, 0) is 0 Å². The Kier molecular flexibility index (Phi) is 5.22. The van der Waals surface area contributed by atoms with Crippen molar-refractivity contribution < 1.29 is 4.79 Å². The third kappa shape index (κ3) is 3.41. The van der Waals surface area contributed by atoms with Gasteiger partial charge in [0.2, 0.25) is 0 Å². The van der Waals surface area contributed by atoms with Gasteiger partial charge in [-0.2, -0.15) is 0 Å². The lowest BCUT2D eigenvalue weighted by molar-refractivity contribution is 0.0675. The summed E-state index contributed by atoms with van der Waals surface area (Å²) in [5, 5.41) is 0. The van der Waals surface area contributed by atoms with Crippen LogP contribution in [-0.4, -0.2) is 48.4 Å². The molecule has 0 N–H and O–H groups in total. The second-order valence-electron chi connectivity index (χ2n) is 5.64. The largest absolute Gasteiger partial charge is 0.334 e. The molecule has 1 aliphatic heterocycles. The standard InChI is InChI=1S/C16H23BrN2O/c1-4-14-11-18(3)8-5-9-19(14)16(20)13-7-6-12(2)15(17)10-13/h6-7,10,14H,4-5,8-9,11H2,1-3H3. The van der Waals surface area contributed by atoms with E-state index < -0.39 is 0 Å². The Labute approximate surface area is 130 Å². The molecule has 1 aromatic carbocycles. The molecule has 1 fully saturated rings. The molecule has 1 unspecified atom stereocenters. The van der Waals surface area contributed by atoms with Crippen molar-refractivity contribution in [1.29, 1.82) is 0 Å². The van der Waals surface area contributed by atoms with Gasteiger partial charge in [0.15, 0.2) is 0 Å². The predicted octanol–water partition coefficient (Wildman–Crippen LogP) is 3.31. The number of carbonyl (C=O) groups is 1. The molecule has 2 rings (SSSR count). The molecule has 0 saturated carbocycles. The van der Waals surface area contributed by atoms with Crippen molar-refractivity contribution in [2.24, 2.45) is 0 Å². The van der Waals surface area contributed by atoms with Crippen molar-refractivity contribution in [2.75, 3.05) is 26.7 Å². The highest BCUT2D eigenvalue weighted by atomic mass is 79.9. The number of rotatable bonds is 2. The number of carbonyl (C=O) groups excluding carboxylic acids is 1. The van der Waals surface area contributed by atoms with Crippen LogP contribution in [0, 0.1) is 6.92 Å². The predicted molar refractivity (Wildman–Crippen MR) is 86.1 cm³/mol. The zero-order valence-electron chi connectivity index (χ0n) is 12.5. The molecule has 1 amide bonds. The van der Waals surface area contributed by atoms with Gasteiger partial charge < -0.3 is 9.80 Å². The van der Waals surface area contributed by atoms with Gasteiger partial charge in [-0.3, -0.25) is 4.79 Å². The highest BCUT2D eigenvalue weighted by Crippen LogP contribution is 2.21. The molecule has 0 aromatic heterocycles. The minimum atomic E-state index is 0.160. The zero-order chi connectivity index (χ0) is 14.7. The van der Waals surface area contributed by atoms with Crippen molar-refractivity contribution in [3.05, 3.63) is 33.8 Å². The Morgan fingerprint density at radius 1 is 1.40 bits per heavy atom. The van der Waals surface area contributed by atoms with Gasteiger partial charge in [-0.05, 0) is 51.1 Å². The van der Waals surface area contributed by atoms with Gasteiger partial charge in [0, 0.05) is 29.2 Å². The van der Waals surface area contributed by atoms with Gasteiger partial charge >= 0.3 is 0 Å². The van der Waals surface area contributed by atoms with E-state index >= 15 is 0 Å². The number of likely N-dealkylation sites (N-methyl/N-ethyl adjacent to an activating group) is 1. The number of halogens is 1. The van der Waals surface area contributed by atoms with Crippen molar-refractivity contribution in [3.63, 3.8) is 0 Å². The molecule has 0 bridgehead atoms. The van der Waals surface area contributed by atoms with Crippen molar-refractivity contribution >= 4 is 21.8 Å². The molecule has 1 heterocycles. The van der Waals surface area contributed by atoms with Gasteiger partial charge in [-0.25, -0.2) is 0 Å². The lowest BCUT2D eigenvalue weighted by atomic mass is 10.1. The Morgan fingerprint density at radius 3 is 2.80 bits per heavy atom. The van der Waals surface area contributed by atoms with Crippen LogP contribution in [0.2, 0.25) is 0 Å². The topological polar surface area (TPSA) is 23.6 Å². The smallest absolute Gasteiger partial charge is 0.254 e. The molecule has 0 aliphatic carbocycles. The quantitative estimate of drug-likeness (QED) is 0.825. The zero-order valence-corrected chi connectivity index (χ0v) is 14.1. The van der Waals surface area contributed by atoms with Crippen LogP contribution in [0.1, 0.15) is 35.7 Å². The fourth-order valence-electron chi connectivity index (χ4n) is 2.75. The first-order valence-corrected chi connectivity index (χ1v) is 8.08. The molecule has 0 radical (unpaired) electrons. The highest BCUT2D eigenvalue weighted by Gasteiger charge is 2.26. The number of amides is 1. The number of hydrogen-bond acceptors (Lipinski definition) is 2. The van der Waals surface area contributed by atoms with Gasteiger partial charge in [-0.1, -0.05) is 28.9 Å². The van der Waals surface area contributed by atoms with Crippen LogP contribution in [0.5, 0.6) is 0 Å². The molecule has 1 aliphatic rings. The highest BCUT2D eigenvalue weighted by molar-refractivity contribution is 9.10. The first-order chi connectivity index (χ1) is 9.52. The summed E-state index contributed by atoms with van der Waals surface area (Å²) in [6.07, 6.45) is 2.05. The Morgan fingerprint density at radius 2 is 2.15 bits per heavy atom. The maximum Gasteiger partial charge on any atom is 0.254 e. The van der Waals surface area contributed by atoms with Crippen LogP contribution in [0.25, 0.3) is 0 Å². The molecule has 4 heteroatoms. The molecule has 1 saturated heterocycles. The lowest BCUT2D eigenvalue weighted by Gasteiger charge is -2.30. The van der Waals surface area contributed by atoms with Crippen LogP contribution >= 0.6 is 15.9 Å². The maximum absolute atomic E-state index is 12.8. The number of hydrogen-bond donors (Lipinski definition) is 0. The summed E-state index contributed by atoms with van der Waals surface area (Å²) in [6, 6.07) is 6.19. The van der Waals surface area contributed by atoms with Crippen LogP contribution < -0.4 is 0 Å². The molecule has 3 nitrogen and oxygen atoms in total. The van der Waals surface area contributed by atoms with E-state index in [2.05, 4.69) is 39.7 Å². The summed E-state index contributed by atoms with van der Waals surface area (Å²) in [5.41, 5.74) is 1.94. The summed E-state index contributed by atoms with van der Waals surface area (Å²) in [6.45, 7) is 7.09. The van der Waals surface area contributed by atoms with E-state index in [0.717, 1.165) is 48.1 Å². The molecule has 0 spiro atoms. The normalized spacial score (nSPS) is 20.8. The summed E-state index contributed by atoms with van der Waals surface area (Å²) in [7, 11) is 2.14. The van der Waals surface area contributed by atoms with E-state index in [1.807, 2.05) is 25.1 Å². The van der Waals surface area contributed by atoms with Crippen molar-refractivity contribution in [3.8, 4) is 0 Å². The molecule has 20 heavy (non-hydrogen) atoms. The SMILES string of the molecule is CCC1CN(C)CCCN1C(=O)c1ccc(C)c(Br)c1. The van der Waals surface area contributed by atoms with E-state index in [1.54, 1.807) is 0 Å². The van der Waals surface area contributed by atoms with E-state index in [0.29, 0.717) is 6.04 Å². The third-order valence-corrected chi connectivity index (χ3v) is 4.91. The van der Waals surface area contributed by atoms with Gasteiger partial charge in [0.05, 0.1) is 0 Å². The van der Waals surface area contributed by atoms with E-state index in [4.69, 9.17) is 0 Å². The average Bonchev–Trinajstić information content (AvgIpc) is 2.62. The summed E-state index contributed by atoms with van der Waals surface area (Å²) < 4.78 is 1.00. The molecule has 1 aromatic rings. The lowest BCUT2D eigenvalue weighted by Crippen LogP contribution is -2.43. The van der Waals surface area contributed by atoms with Crippen LogP contribution in [0.15, 0.2) is 22.7 Å². The van der Waals surface area contributed by atoms with Crippen molar-refractivity contribution in [1.82, 2.24) is 9.80 Å². The Hall–Kier alpha value is -0.870. The fourth-order valence-corrected chi connectivity index (χ4v) is 3.13. The summed E-state index contributed by atoms with van der Waals surface area (Å²) in [5.74, 6) is 0.160. The summed E-state index contributed by atoms with van der Waals surface area (Å²) >= 11 is 3.52. The van der Waals surface area contributed by atoms with Crippen LogP contribution in [0.4, 0.5) is 0 Å². The average molecular weight is 339 g/mol. The first kappa shape index (κ1) is 15.5. The molecule has 110 valence electrons. The second-order valence-corrected chi connectivity index (χ2v) is 6.49. The third-order valence-electron chi connectivity index (χ3n) is 4.05. The minimum absolute atomic E-state index is 0.160. The van der Waals surface area contributed by atoms with Crippen LogP contribution in [0.3, 0.4) is 0 Å². The first-order valence-electron chi connectivity index (χ1n) is 7.28. The molecular weight excluding hydrogens is 316 g/mol. The molecular formula is C16H23BrN2O. The Bertz CT molecular complexity index is 489. The maximum atomic E-state index is 12.8. The number of benzene rings is 1. The van der Waals surface area contributed by atoms with Gasteiger partial charge in [0.25, 0.3) is 5.91 Å². The van der Waals surface area contributed by atoms with Gasteiger partial charge in [-0.15, -0.1) is 0 Å². The van der Waals surface area contributed by atoms with E-state index in [-0.39, 0.29) is 5.91 Å². The van der Waals surface area contributed by atoms with E-state index in [1.165, 1.54) is 0 Å². The summed E-state index contributed by atoms with van der Waals surface area (Å²) in [4.78, 5) is 17.2. The number of aryl methyl sites for hydroxylation is 1. The second kappa shape index (κ2) is 6.72. The number of nitrogens with zero attached hydrogens (tertiary/aromatic N) is 2. The minimum Gasteiger partial charge on any atom is -0.334 e. The van der Waals surface area contributed by atoms with Crippen molar-refractivity contribution in [2.45, 2.75) is 32.7 Å². The monoisotopic (exact) mass is 338 g/mol. The van der Waals surface area contributed by atoms with E-state index in [9.17, 15) is 4.79 Å². The fraction of sp³-hybridized carbons (Fsp3) is 0.562. The Balaban J connectivity index is 2.23.